The van der Waals surface area contributed by atoms with Crippen molar-refractivity contribution in [2.75, 3.05) is 13.2 Å². The molecule has 2 rings (SSSR count). The van der Waals surface area contributed by atoms with Crippen LogP contribution in [0.4, 0.5) is 8.78 Å². The number of halogens is 3. The van der Waals surface area contributed by atoms with E-state index in [1.54, 1.807) is 6.92 Å². The first-order chi connectivity index (χ1) is 8.11. The molecule has 1 aliphatic rings. The smallest absolute Gasteiger partial charge is 0.133 e. The molecule has 0 bridgehead atoms. The maximum absolute atomic E-state index is 13.9. The van der Waals surface area contributed by atoms with E-state index >= 15 is 0 Å². The molecule has 2 nitrogen and oxygen atoms in total. The third-order valence-corrected chi connectivity index (χ3v) is 3.43. The van der Waals surface area contributed by atoms with Gasteiger partial charge in [-0.25, -0.2) is 8.78 Å². The van der Waals surface area contributed by atoms with Crippen LogP contribution in [0.2, 0.25) is 0 Å². The summed E-state index contributed by atoms with van der Waals surface area (Å²) in [5.41, 5.74) is 6.46. The Kier molecular flexibility index (Phi) is 5.50. The molecule has 0 radical (unpaired) electrons. The second-order valence-corrected chi connectivity index (χ2v) is 4.57. The molecule has 0 amide bonds. The van der Waals surface area contributed by atoms with Gasteiger partial charge in [-0.3, -0.25) is 0 Å². The van der Waals surface area contributed by atoms with Crippen LogP contribution >= 0.6 is 12.4 Å². The molecular formula is C13H18ClF2NO. The number of aryl methyl sites for hydroxylation is 1. The first kappa shape index (κ1) is 15.3. The van der Waals surface area contributed by atoms with E-state index in [4.69, 9.17) is 10.5 Å². The first-order valence-corrected chi connectivity index (χ1v) is 5.89. The van der Waals surface area contributed by atoms with Crippen molar-refractivity contribution in [3.8, 4) is 0 Å². The third kappa shape index (κ3) is 2.99. The molecule has 102 valence electrons. The summed E-state index contributed by atoms with van der Waals surface area (Å²) < 4.78 is 32.8. The van der Waals surface area contributed by atoms with Crippen molar-refractivity contribution in [1.82, 2.24) is 0 Å². The zero-order chi connectivity index (χ0) is 12.4. The first-order valence-electron chi connectivity index (χ1n) is 5.89. The summed E-state index contributed by atoms with van der Waals surface area (Å²) in [7, 11) is 0. The van der Waals surface area contributed by atoms with Gasteiger partial charge < -0.3 is 10.5 Å². The van der Waals surface area contributed by atoms with E-state index in [0.717, 1.165) is 12.8 Å². The lowest BCUT2D eigenvalue weighted by molar-refractivity contribution is 0.0575. The lowest BCUT2D eigenvalue weighted by Gasteiger charge is -2.28. The van der Waals surface area contributed by atoms with Gasteiger partial charge in [0.15, 0.2) is 0 Å². The summed E-state index contributed by atoms with van der Waals surface area (Å²) in [5.74, 6) is -0.967. The van der Waals surface area contributed by atoms with E-state index in [-0.39, 0.29) is 23.9 Å². The van der Waals surface area contributed by atoms with Gasteiger partial charge in [-0.2, -0.15) is 0 Å². The third-order valence-electron chi connectivity index (χ3n) is 3.43. The summed E-state index contributed by atoms with van der Waals surface area (Å²) in [6.45, 7) is 2.86. The largest absolute Gasteiger partial charge is 0.381 e. The lowest BCUT2D eigenvalue weighted by atomic mass is 9.86. The Morgan fingerprint density at radius 1 is 1.28 bits per heavy atom. The van der Waals surface area contributed by atoms with Crippen LogP contribution in [0.1, 0.15) is 30.0 Å². The van der Waals surface area contributed by atoms with Crippen LogP contribution in [0.3, 0.4) is 0 Å². The molecule has 2 N–H and O–H groups in total. The highest BCUT2D eigenvalue weighted by molar-refractivity contribution is 5.85. The maximum Gasteiger partial charge on any atom is 0.133 e. The van der Waals surface area contributed by atoms with Crippen LogP contribution in [-0.2, 0) is 4.74 Å². The van der Waals surface area contributed by atoms with E-state index < -0.39 is 17.7 Å². The Labute approximate surface area is 112 Å². The molecule has 1 atom stereocenters. The predicted molar refractivity (Wildman–Crippen MR) is 68.8 cm³/mol. The van der Waals surface area contributed by atoms with E-state index in [1.807, 2.05) is 0 Å². The Hall–Kier alpha value is -0.710. The van der Waals surface area contributed by atoms with Gasteiger partial charge in [0.2, 0.25) is 0 Å². The molecule has 1 saturated heterocycles. The fraction of sp³-hybridized carbons (Fsp3) is 0.538. The molecule has 5 heteroatoms. The predicted octanol–water partition coefficient (Wildman–Crippen LogP) is 3.12. The Morgan fingerprint density at radius 3 is 2.50 bits per heavy atom. The monoisotopic (exact) mass is 277 g/mol. The second-order valence-electron chi connectivity index (χ2n) is 4.57. The minimum absolute atomic E-state index is 0. The van der Waals surface area contributed by atoms with Crippen molar-refractivity contribution in [2.45, 2.75) is 25.8 Å². The summed E-state index contributed by atoms with van der Waals surface area (Å²) in [5, 5.41) is 0. The molecule has 0 aliphatic carbocycles. The minimum atomic E-state index is -0.584. The molecular weight excluding hydrogens is 260 g/mol. The number of nitrogens with two attached hydrogens (primary N) is 1. The summed E-state index contributed by atoms with van der Waals surface area (Å²) in [4.78, 5) is 0. The van der Waals surface area contributed by atoms with Crippen molar-refractivity contribution in [3.63, 3.8) is 0 Å². The van der Waals surface area contributed by atoms with Crippen molar-refractivity contribution >= 4 is 12.4 Å². The van der Waals surface area contributed by atoms with Crippen LogP contribution < -0.4 is 5.73 Å². The van der Waals surface area contributed by atoms with Gasteiger partial charge in [0.1, 0.15) is 11.6 Å². The topological polar surface area (TPSA) is 35.2 Å². The average Bonchev–Trinajstić information content (AvgIpc) is 2.35. The van der Waals surface area contributed by atoms with Gasteiger partial charge in [-0.05, 0) is 37.3 Å². The summed E-state index contributed by atoms with van der Waals surface area (Å²) >= 11 is 0. The van der Waals surface area contributed by atoms with Gasteiger partial charge in [0.25, 0.3) is 0 Å². The molecule has 0 saturated carbocycles. The number of ether oxygens (including phenoxy) is 1. The standard InChI is InChI=1S/C13H17F2NO.ClH/c1-8-2-3-10(14)11(12(8)15)13(16)9-4-6-17-7-5-9;/h2-3,9,13H,4-7,16H2,1H3;1H/t13-;/m1./s1. The van der Waals surface area contributed by atoms with Gasteiger partial charge in [0.05, 0.1) is 0 Å². The van der Waals surface area contributed by atoms with Crippen molar-refractivity contribution in [3.05, 3.63) is 34.9 Å². The average molecular weight is 278 g/mol. The van der Waals surface area contributed by atoms with Gasteiger partial charge >= 0.3 is 0 Å². The van der Waals surface area contributed by atoms with Crippen LogP contribution in [0, 0.1) is 24.5 Å². The number of hydrogen-bond donors (Lipinski definition) is 1. The molecule has 1 aliphatic heterocycles. The van der Waals surface area contributed by atoms with Crippen molar-refractivity contribution in [1.29, 1.82) is 0 Å². The second kappa shape index (κ2) is 6.45. The molecule has 0 spiro atoms. The molecule has 1 aromatic rings. The fourth-order valence-corrected chi connectivity index (χ4v) is 2.29. The normalized spacial score (nSPS) is 18.2. The van der Waals surface area contributed by atoms with E-state index in [9.17, 15) is 8.78 Å². The number of rotatable bonds is 2. The maximum atomic E-state index is 13.9. The zero-order valence-corrected chi connectivity index (χ0v) is 11.1. The molecule has 18 heavy (non-hydrogen) atoms. The van der Waals surface area contributed by atoms with Gasteiger partial charge in [-0.15, -0.1) is 12.4 Å². The highest BCUT2D eigenvalue weighted by Crippen LogP contribution is 2.31. The van der Waals surface area contributed by atoms with Gasteiger partial charge in [-0.1, -0.05) is 6.07 Å². The number of hydrogen-bond acceptors (Lipinski definition) is 2. The van der Waals surface area contributed by atoms with Gasteiger partial charge in [0, 0.05) is 24.8 Å². The quantitative estimate of drug-likeness (QED) is 0.901. The van der Waals surface area contributed by atoms with E-state index in [2.05, 4.69) is 0 Å². The van der Waals surface area contributed by atoms with E-state index in [1.165, 1.54) is 12.1 Å². The fourth-order valence-electron chi connectivity index (χ4n) is 2.29. The molecule has 0 aromatic heterocycles. The summed E-state index contributed by atoms with van der Waals surface area (Å²) in [6, 6.07) is 2.14. The van der Waals surface area contributed by atoms with Crippen LogP contribution in [0.15, 0.2) is 12.1 Å². The molecule has 1 fully saturated rings. The van der Waals surface area contributed by atoms with Crippen molar-refractivity contribution in [2.24, 2.45) is 11.7 Å². The van der Waals surface area contributed by atoms with Crippen LogP contribution in [0.25, 0.3) is 0 Å². The molecule has 0 unspecified atom stereocenters. The zero-order valence-electron chi connectivity index (χ0n) is 10.3. The highest BCUT2D eigenvalue weighted by Gasteiger charge is 2.27. The SMILES string of the molecule is Cc1ccc(F)c([C@H](N)C2CCOCC2)c1F.Cl. The molecule has 1 aromatic carbocycles. The highest BCUT2D eigenvalue weighted by atomic mass is 35.5. The minimum Gasteiger partial charge on any atom is -0.381 e. The van der Waals surface area contributed by atoms with Crippen LogP contribution in [-0.4, -0.2) is 13.2 Å². The Balaban J connectivity index is 0.00000162. The van der Waals surface area contributed by atoms with E-state index in [0.29, 0.717) is 18.8 Å². The Bertz CT molecular complexity index is 408. The Morgan fingerprint density at radius 2 is 1.89 bits per heavy atom. The molecule has 1 heterocycles. The lowest BCUT2D eigenvalue weighted by Crippen LogP contribution is -2.29. The number of benzene rings is 1. The van der Waals surface area contributed by atoms with Crippen molar-refractivity contribution < 1.29 is 13.5 Å². The summed E-state index contributed by atoms with van der Waals surface area (Å²) in [6.07, 6.45) is 1.52. The van der Waals surface area contributed by atoms with Crippen LogP contribution in [0.5, 0.6) is 0 Å².